The molecule has 3 rings (SSSR count). The molecular weight excluding hydrogens is 250 g/mol. The van der Waals surface area contributed by atoms with Crippen LogP contribution in [0.3, 0.4) is 0 Å². The second-order valence-electron chi connectivity index (χ2n) is 5.12. The van der Waals surface area contributed by atoms with E-state index >= 15 is 0 Å². The number of nitrogen functional groups attached to an aromatic ring is 1. The van der Waals surface area contributed by atoms with E-state index in [1.165, 1.54) is 36.7 Å². The van der Waals surface area contributed by atoms with Gasteiger partial charge in [-0.1, -0.05) is 12.1 Å². The molecular formula is C15H19N5. The first kappa shape index (κ1) is 12.9. The van der Waals surface area contributed by atoms with Crippen LogP contribution in [0.25, 0.3) is 0 Å². The van der Waals surface area contributed by atoms with Crippen molar-refractivity contribution in [2.24, 2.45) is 5.84 Å². The first-order valence-corrected chi connectivity index (χ1v) is 6.95. The van der Waals surface area contributed by atoms with Crippen molar-refractivity contribution in [3.05, 3.63) is 41.2 Å². The highest BCUT2D eigenvalue weighted by Crippen LogP contribution is 2.30. The number of aryl methyl sites for hydroxylation is 1. The van der Waals surface area contributed by atoms with Crippen molar-refractivity contribution in [3.63, 3.8) is 0 Å². The third-order valence-corrected chi connectivity index (χ3v) is 3.87. The number of fused-ring (bicyclic) bond motifs is 1. The van der Waals surface area contributed by atoms with Crippen LogP contribution >= 0.6 is 0 Å². The Bertz CT molecular complexity index is 624. The van der Waals surface area contributed by atoms with Gasteiger partial charge in [0.25, 0.3) is 0 Å². The molecule has 1 aromatic heterocycles. The summed E-state index contributed by atoms with van der Waals surface area (Å²) in [5.74, 6) is 6.90. The predicted octanol–water partition coefficient (Wildman–Crippen LogP) is 2.69. The van der Waals surface area contributed by atoms with Gasteiger partial charge in [-0.25, -0.2) is 15.8 Å². The molecule has 0 fully saturated rings. The number of anilines is 3. The Morgan fingerprint density at radius 3 is 2.75 bits per heavy atom. The summed E-state index contributed by atoms with van der Waals surface area (Å²) < 4.78 is 0. The van der Waals surface area contributed by atoms with Crippen molar-refractivity contribution in [2.75, 3.05) is 10.7 Å². The molecule has 0 spiro atoms. The molecule has 1 aliphatic rings. The average molecular weight is 269 g/mol. The number of benzene rings is 1. The first-order valence-electron chi connectivity index (χ1n) is 6.95. The molecule has 0 bridgehead atoms. The molecule has 1 aliphatic carbocycles. The topological polar surface area (TPSA) is 75.9 Å². The quantitative estimate of drug-likeness (QED) is 0.590. The van der Waals surface area contributed by atoms with Crippen molar-refractivity contribution in [1.82, 2.24) is 9.97 Å². The fourth-order valence-electron chi connectivity index (χ4n) is 2.75. The molecule has 104 valence electrons. The van der Waals surface area contributed by atoms with Crippen molar-refractivity contribution >= 4 is 17.3 Å². The minimum Gasteiger partial charge on any atom is -0.340 e. The SMILES string of the molecule is Cc1c(NN)ncnc1Nc1cccc2c1CCCC2. The zero-order valence-corrected chi connectivity index (χ0v) is 11.6. The number of hydrogen-bond donors (Lipinski definition) is 3. The van der Waals surface area contributed by atoms with Gasteiger partial charge >= 0.3 is 0 Å². The van der Waals surface area contributed by atoms with E-state index in [4.69, 9.17) is 5.84 Å². The highest BCUT2D eigenvalue weighted by Gasteiger charge is 2.14. The largest absolute Gasteiger partial charge is 0.340 e. The van der Waals surface area contributed by atoms with Crippen LogP contribution in [0.2, 0.25) is 0 Å². The molecule has 5 nitrogen and oxygen atoms in total. The summed E-state index contributed by atoms with van der Waals surface area (Å²) in [4.78, 5) is 8.41. The Hall–Kier alpha value is -2.14. The molecule has 0 saturated carbocycles. The van der Waals surface area contributed by atoms with Crippen LogP contribution in [0, 0.1) is 6.92 Å². The molecule has 5 heteroatoms. The Labute approximate surface area is 118 Å². The molecule has 2 aromatic rings. The first-order chi connectivity index (χ1) is 9.79. The maximum atomic E-state index is 5.46. The van der Waals surface area contributed by atoms with Crippen LogP contribution in [0.15, 0.2) is 24.5 Å². The lowest BCUT2D eigenvalue weighted by atomic mass is 9.90. The van der Waals surface area contributed by atoms with Gasteiger partial charge in [-0.15, -0.1) is 0 Å². The number of nitrogens with one attached hydrogen (secondary N) is 2. The summed E-state index contributed by atoms with van der Waals surface area (Å²) in [6.45, 7) is 1.95. The van der Waals surface area contributed by atoms with Crippen LogP contribution in [0.4, 0.5) is 17.3 Å². The van der Waals surface area contributed by atoms with Gasteiger partial charge in [-0.05, 0) is 49.8 Å². The Morgan fingerprint density at radius 2 is 1.90 bits per heavy atom. The van der Waals surface area contributed by atoms with Crippen LogP contribution < -0.4 is 16.6 Å². The maximum absolute atomic E-state index is 5.46. The monoisotopic (exact) mass is 269 g/mol. The van der Waals surface area contributed by atoms with E-state index in [0.29, 0.717) is 5.82 Å². The van der Waals surface area contributed by atoms with E-state index in [1.54, 1.807) is 0 Å². The number of rotatable bonds is 3. The minimum absolute atomic E-state index is 0.646. The zero-order valence-electron chi connectivity index (χ0n) is 11.6. The van der Waals surface area contributed by atoms with Crippen LogP contribution in [-0.4, -0.2) is 9.97 Å². The lowest BCUT2D eigenvalue weighted by Crippen LogP contribution is -2.12. The molecule has 0 radical (unpaired) electrons. The summed E-state index contributed by atoms with van der Waals surface area (Å²) in [6.07, 6.45) is 6.35. The molecule has 20 heavy (non-hydrogen) atoms. The van der Waals surface area contributed by atoms with Crippen LogP contribution in [0.5, 0.6) is 0 Å². The fraction of sp³-hybridized carbons (Fsp3) is 0.333. The molecule has 1 aromatic carbocycles. The van der Waals surface area contributed by atoms with Gasteiger partial charge in [0.05, 0.1) is 0 Å². The molecule has 4 N–H and O–H groups in total. The van der Waals surface area contributed by atoms with E-state index in [9.17, 15) is 0 Å². The van der Waals surface area contributed by atoms with Crippen molar-refractivity contribution in [2.45, 2.75) is 32.6 Å². The number of aromatic nitrogens is 2. The van der Waals surface area contributed by atoms with Gasteiger partial charge in [-0.2, -0.15) is 0 Å². The van der Waals surface area contributed by atoms with Crippen molar-refractivity contribution in [3.8, 4) is 0 Å². The number of nitrogens with zero attached hydrogens (tertiary/aromatic N) is 2. The third kappa shape index (κ3) is 2.32. The van der Waals surface area contributed by atoms with E-state index in [1.807, 2.05) is 6.92 Å². The molecule has 0 aliphatic heterocycles. The Morgan fingerprint density at radius 1 is 1.10 bits per heavy atom. The maximum Gasteiger partial charge on any atom is 0.148 e. The highest BCUT2D eigenvalue weighted by molar-refractivity contribution is 5.67. The van der Waals surface area contributed by atoms with Crippen LogP contribution in [-0.2, 0) is 12.8 Å². The summed E-state index contributed by atoms with van der Waals surface area (Å²) in [5, 5.41) is 3.43. The smallest absolute Gasteiger partial charge is 0.148 e. The lowest BCUT2D eigenvalue weighted by molar-refractivity contribution is 0.687. The van der Waals surface area contributed by atoms with Gasteiger partial charge in [0.15, 0.2) is 0 Å². The summed E-state index contributed by atoms with van der Waals surface area (Å²) in [6, 6.07) is 6.44. The second kappa shape index (κ2) is 5.46. The Kier molecular flexibility index (Phi) is 3.52. The van der Waals surface area contributed by atoms with E-state index in [-0.39, 0.29) is 0 Å². The zero-order chi connectivity index (χ0) is 13.9. The highest BCUT2D eigenvalue weighted by atomic mass is 15.3. The number of hydrazine groups is 1. The number of hydrogen-bond acceptors (Lipinski definition) is 5. The van der Waals surface area contributed by atoms with Gasteiger partial charge in [0.1, 0.15) is 18.0 Å². The standard InChI is InChI=1S/C15H19N5/c1-10-14(17-9-18-15(10)20-16)19-13-8-4-6-11-5-2-3-7-12(11)13/h4,6,8-9H,2-3,5,7,16H2,1H3,(H2,17,18,19,20). The third-order valence-electron chi connectivity index (χ3n) is 3.87. The summed E-state index contributed by atoms with van der Waals surface area (Å²) >= 11 is 0. The van der Waals surface area contributed by atoms with Crippen molar-refractivity contribution in [1.29, 1.82) is 0 Å². The lowest BCUT2D eigenvalue weighted by Gasteiger charge is -2.20. The molecule has 0 unspecified atom stereocenters. The summed E-state index contributed by atoms with van der Waals surface area (Å²) in [5.41, 5.74) is 7.52. The van der Waals surface area contributed by atoms with Gasteiger partial charge < -0.3 is 10.7 Å². The molecule has 0 amide bonds. The minimum atomic E-state index is 0.646. The van der Waals surface area contributed by atoms with Crippen molar-refractivity contribution < 1.29 is 0 Å². The predicted molar refractivity (Wildman–Crippen MR) is 80.9 cm³/mol. The van der Waals surface area contributed by atoms with E-state index in [2.05, 4.69) is 38.9 Å². The van der Waals surface area contributed by atoms with E-state index in [0.717, 1.165) is 23.5 Å². The molecule has 0 saturated heterocycles. The molecule has 1 heterocycles. The summed E-state index contributed by atoms with van der Waals surface area (Å²) in [7, 11) is 0. The van der Waals surface area contributed by atoms with Crippen LogP contribution in [0.1, 0.15) is 29.5 Å². The van der Waals surface area contributed by atoms with Gasteiger partial charge in [-0.3, -0.25) is 0 Å². The second-order valence-corrected chi connectivity index (χ2v) is 5.12. The Balaban J connectivity index is 1.96. The average Bonchev–Trinajstić information content (AvgIpc) is 2.50. The number of nitrogens with two attached hydrogens (primary N) is 1. The van der Waals surface area contributed by atoms with Gasteiger partial charge in [0, 0.05) is 11.3 Å². The van der Waals surface area contributed by atoms with Gasteiger partial charge in [0.2, 0.25) is 0 Å². The van der Waals surface area contributed by atoms with E-state index < -0.39 is 0 Å². The fourth-order valence-corrected chi connectivity index (χ4v) is 2.75. The molecule has 0 atom stereocenters. The normalized spacial score (nSPS) is 13.7.